The minimum atomic E-state index is -0.251. The average Bonchev–Trinajstić information content (AvgIpc) is 3.42. The van der Waals surface area contributed by atoms with Crippen LogP contribution in [0.4, 0.5) is 4.39 Å². The largest absolute Gasteiger partial charge is 0.353 e. The molecular weight excluding hydrogens is 401 g/mol. The van der Waals surface area contributed by atoms with Crippen molar-refractivity contribution in [3.8, 4) is 33.6 Å². The fraction of sp³-hybridized carbons (Fsp3) is 0.0385. The maximum Gasteiger partial charge on any atom is 0.181 e. The van der Waals surface area contributed by atoms with E-state index >= 15 is 0 Å². The molecule has 0 amide bonds. The minimum absolute atomic E-state index is 0.251. The molecule has 0 aliphatic rings. The molecule has 5 nitrogen and oxygen atoms in total. The molecule has 0 saturated heterocycles. The van der Waals surface area contributed by atoms with Gasteiger partial charge >= 0.3 is 0 Å². The minimum Gasteiger partial charge on any atom is -0.353 e. The normalized spacial score (nSPS) is 11.4. The predicted octanol–water partition coefficient (Wildman–Crippen LogP) is 6.28. The molecule has 0 saturated carbocycles. The fourth-order valence-electron chi connectivity index (χ4n) is 4.22. The molecule has 0 fully saturated rings. The van der Waals surface area contributed by atoms with Crippen LogP contribution in [0.1, 0.15) is 5.56 Å². The number of nitrogens with one attached hydrogen (secondary N) is 2. The number of benzene rings is 2. The highest BCUT2D eigenvalue weighted by Gasteiger charge is 2.15. The van der Waals surface area contributed by atoms with Crippen LogP contribution in [0.5, 0.6) is 0 Å². The molecule has 6 aromatic rings. The highest BCUT2D eigenvalue weighted by Crippen LogP contribution is 2.35. The van der Waals surface area contributed by atoms with Crippen LogP contribution in [0.25, 0.3) is 55.6 Å². The first kappa shape index (κ1) is 18.4. The summed E-state index contributed by atoms with van der Waals surface area (Å²) in [7, 11) is 0. The monoisotopic (exact) mass is 419 g/mol. The van der Waals surface area contributed by atoms with Crippen molar-refractivity contribution in [1.29, 1.82) is 0 Å². The summed E-state index contributed by atoms with van der Waals surface area (Å²) in [6.07, 6.45) is 5.46. The number of aryl methyl sites for hydroxylation is 1. The van der Waals surface area contributed by atoms with Gasteiger partial charge in [-0.2, -0.15) is 5.10 Å². The molecule has 0 bridgehead atoms. The van der Waals surface area contributed by atoms with Gasteiger partial charge in [0.2, 0.25) is 0 Å². The topological polar surface area (TPSA) is 70.2 Å². The number of aromatic nitrogens is 5. The lowest BCUT2D eigenvalue weighted by Crippen LogP contribution is -1.87. The molecule has 2 aromatic carbocycles. The van der Waals surface area contributed by atoms with Crippen molar-refractivity contribution in [2.45, 2.75) is 6.92 Å². The Bertz CT molecular complexity index is 1610. The molecule has 0 radical (unpaired) electrons. The van der Waals surface area contributed by atoms with Crippen molar-refractivity contribution in [3.05, 3.63) is 90.6 Å². The molecule has 154 valence electrons. The van der Waals surface area contributed by atoms with E-state index in [1.807, 2.05) is 42.7 Å². The number of H-pyrrole nitrogens is 2. The first-order chi connectivity index (χ1) is 15.7. The van der Waals surface area contributed by atoms with Gasteiger partial charge in [0, 0.05) is 46.0 Å². The lowest BCUT2D eigenvalue weighted by Gasteiger charge is -2.04. The molecule has 0 spiro atoms. The number of fused-ring (bicyclic) bond motifs is 2. The number of halogens is 1. The van der Waals surface area contributed by atoms with Crippen molar-refractivity contribution in [3.63, 3.8) is 0 Å². The Balaban J connectivity index is 1.52. The van der Waals surface area contributed by atoms with Gasteiger partial charge in [-0.25, -0.2) is 9.37 Å². The van der Waals surface area contributed by atoms with Gasteiger partial charge in [0.15, 0.2) is 5.65 Å². The summed E-state index contributed by atoms with van der Waals surface area (Å²) in [5.41, 5.74) is 8.35. The van der Waals surface area contributed by atoms with Crippen molar-refractivity contribution in [2.75, 3.05) is 0 Å². The number of rotatable bonds is 3. The van der Waals surface area contributed by atoms with Gasteiger partial charge in [-0.05, 0) is 60.0 Å². The Morgan fingerprint density at radius 3 is 2.62 bits per heavy atom. The van der Waals surface area contributed by atoms with E-state index in [2.05, 4.69) is 44.2 Å². The lowest BCUT2D eigenvalue weighted by molar-refractivity contribution is 0.628. The van der Waals surface area contributed by atoms with Gasteiger partial charge in [-0.1, -0.05) is 24.3 Å². The van der Waals surface area contributed by atoms with E-state index in [4.69, 9.17) is 0 Å². The molecule has 0 aliphatic heterocycles. The van der Waals surface area contributed by atoms with E-state index in [1.165, 1.54) is 6.07 Å². The Kier molecular flexibility index (Phi) is 4.11. The van der Waals surface area contributed by atoms with E-state index < -0.39 is 0 Å². The van der Waals surface area contributed by atoms with Crippen LogP contribution in [0.15, 0.2) is 79.3 Å². The third-order valence-corrected chi connectivity index (χ3v) is 5.83. The maximum atomic E-state index is 13.8. The van der Waals surface area contributed by atoms with Crippen LogP contribution in [0, 0.1) is 12.7 Å². The van der Waals surface area contributed by atoms with Crippen molar-refractivity contribution >= 4 is 21.9 Å². The van der Waals surface area contributed by atoms with E-state index in [1.54, 1.807) is 18.3 Å². The van der Waals surface area contributed by atoms with E-state index in [-0.39, 0.29) is 5.82 Å². The van der Waals surface area contributed by atoms with E-state index in [0.29, 0.717) is 5.65 Å². The highest BCUT2D eigenvalue weighted by atomic mass is 19.1. The number of hydrogen-bond donors (Lipinski definition) is 2. The molecule has 0 unspecified atom stereocenters. The Morgan fingerprint density at radius 2 is 1.75 bits per heavy atom. The van der Waals surface area contributed by atoms with Crippen LogP contribution >= 0.6 is 0 Å². The van der Waals surface area contributed by atoms with Crippen molar-refractivity contribution in [2.24, 2.45) is 0 Å². The van der Waals surface area contributed by atoms with Crippen molar-refractivity contribution in [1.82, 2.24) is 25.1 Å². The quantitative estimate of drug-likeness (QED) is 0.354. The average molecular weight is 419 g/mol. The van der Waals surface area contributed by atoms with Gasteiger partial charge in [-0.15, -0.1) is 0 Å². The Labute approximate surface area is 183 Å². The Hall–Kier alpha value is -4.32. The number of hydrogen-bond acceptors (Lipinski definition) is 3. The summed E-state index contributed by atoms with van der Waals surface area (Å²) in [5, 5.41) is 9.46. The summed E-state index contributed by atoms with van der Waals surface area (Å²) >= 11 is 0. The van der Waals surface area contributed by atoms with E-state index in [9.17, 15) is 4.39 Å². The van der Waals surface area contributed by atoms with Gasteiger partial charge in [0.05, 0.1) is 11.4 Å². The number of aromatic amines is 2. The third-order valence-electron chi connectivity index (χ3n) is 5.83. The van der Waals surface area contributed by atoms with Crippen LogP contribution in [-0.2, 0) is 0 Å². The summed E-state index contributed by atoms with van der Waals surface area (Å²) in [6.45, 7) is 2.06. The Morgan fingerprint density at radius 1 is 0.844 bits per heavy atom. The summed E-state index contributed by atoms with van der Waals surface area (Å²) in [4.78, 5) is 12.3. The maximum absolute atomic E-state index is 13.8. The molecule has 4 aromatic heterocycles. The molecule has 2 N–H and O–H groups in total. The zero-order valence-corrected chi connectivity index (χ0v) is 17.2. The fourth-order valence-corrected chi connectivity index (χ4v) is 4.22. The molecule has 0 aliphatic carbocycles. The molecular formula is C26H18FN5. The zero-order chi connectivity index (χ0) is 21.7. The summed E-state index contributed by atoms with van der Waals surface area (Å²) in [5.74, 6) is -0.251. The summed E-state index contributed by atoms with van der Waals surface area (Å²) < 4.78 is 13.8. The lowest BCUT2D eigenvalue weighted by atomic mass is 10.0. The van der Waals surface area contributed by atoms with Gasteiger partial charge in [0.25, 0.3) is 0 Å². The molecule has 6 rings (SSSR count). The van der Waals surface area contributed by atoms with Crippen molar-refractivity contribution < 1.29 is 4.39 Å². The SMILES string of the molecule is Cc1ccncc1-c1cnc2n[nH]c(-c3cc4c(-c5cccc(F)c5)cccc4[nH]3)c2c1. The first-order valence-corrected chi connectivity index (χ1v) is 10.3. The van der Waals surface area contributed by atoms with Crippen LogP contribution in [-0.4, -0.2) is 25.1 Å². The molecule has 32 heavy (non-hydrogen) atoms. The first-order valence-electron chi connectivity index (χ1n) is 10.3. The second-order valence-electron chi connectivity index (χ2n) is 7.84. The standard InChI is InChI=1S/C26H18FN5/c1-15-8-9-28-14-22(15)17-11-21-25(31-32-26(21)29-13-17)24-12-20-19(6-3-7-23(20)30-24)16-4-2-5-18(27)10-16/h2-14,30H,1H3,(H,29,31,32). The second kappa shape index (κ2) is 7.13. The molecule has 0 atom stereocenters. The molecule has 6 heteroatoms. The number of pyridine rings is 2. The molecule has 4 heterocycles. The van der Waals surface area contributed by atoms with Gasteiger partial charge in [0.1, 0.15) is 5.82 Å². The van der Waals surface area contributed by atoms with Crippen LogP contribution < -0.4 is 0 Å². The zero-order valence-electron chi connectivity index (χ0n) is 17.2. The van der Waals surface area contributed by atoms with E-state index in [0.717, 1.165) is 55.5 Å². The van der Waals surface area contributed by atoms with Crippen LogP contribution in [0.2, 0.25) is 0 Å². The predicted molar refractivity (Wildman–Crippen MR) is 125 cm³/mol. The van der Waals surface area contributed by atoms with Gasteiger partial charge < -0.3 is 4.98 Å². The summed E-state index contributed by atoms with van der Waals surface area (Å²) in [6, 6.07) is 18.8. The van der Waals surface area contributed by atoms with Gasteiger partial charge in [-0.3, -0.25) is 10.1 Å². The third kappa shape index (κ3) is 2.96. The van der Waals surface area contributed by atoms with Crippen LogP contribution in [0.3, 0.4) is 0 Å². The highest BCUT2D eigenvalue weighted by molar-refractivity contribution is 6.01. The number of nitrogens with zero attached hydrogens (tertiary/aromatic N) is 3. The smallest absolute Gasteiger partial charge is 0.181 e. The second-order valence-corrected chi connectivity index (χ2v) is 7.84.